The zero-order valence-corrected chi connectivity index (χ0v) is 14.8. The second kappa shape index (κ2) is 9.02. The molecule has 9 heteroatoms. The Kier molecular flexibility index (Phi) is 6.75. The van der Waals surface area contributed by atoms with Crippen molar-refractivity contribution in [2.45, 2.75) is 6.18 Å². The predicted octanol–water partition coefficient (Wildman–Crippen LogP) is 3.53. The number of nitrogens with zero attached hydrogens (tertiary/aromatic N) is 1. The molecule has 0 unspecified atom stereocenters. The van der Waals surface area contributed by atoms with Crippen LogP contribution in [0.1, 0.15) is 5.56 Å². The van der Waals surface area contributed by atoms with Gasteiger partial charge >= 0.3 is 6.18 Å². The number of hydrogen-bond acceptors (Lipinski definition) is 4. The molecule has 0 aliphatic carbocycles. The molecule has 2 aromatic rings. The van der Waals surface area contributed by atoms with Gasteiger partial charge in [0, 0.05) is 11.8 Å². The van der Waals surface area contributed by atoms with Gasteiger partial charge in [0.15, 0.2) is 17.5 Å². The number of halogens is 3. The Morgan fingerprint density at radius 1 is 1.07 bits per heavy atom. The van der Waals surface area contributed by atoms with Crippen LogP contribution < -0.4 is 25.3 Å². The molecule has 0 spiro atoms. The first-order valence-electron chi connectivity index (χ1n) is 7.92. The third kappa shape index (κ3) is 5.98. The number of rotatable bonds is 7. The zero-order chi connectivity index (χ0) is 19.9. The minimum absolute atomic E-state index is 0.0790. The van der Waals surface area contributed by atoms with E-state index in [0.29, 0.717) is 17.2 Å². The maximum absolute atomic E-state index is 12.7. The highest BCUT2D eigenvalue weighted by molar-refractivity contribution is 5.92. The van der Waals surface area contributed by atoms with Crippen molar-refractivity contribution in [2.24, 2.45) is 10.7 Å². The number of aliphatic imine (C=N–C) groups is 1. The van der Waals surface area contributed by atoms with Crippen LogP contribution >= 0.6 is 0 Å². The van der Waals surface area contributed by atoms with Gasteiger partial charge in [0.05, 0.1) is 26.3 Å². The van der Waals surface area contributed by atoms with E-state index >= 15 is 0 Å². The highest BCUT2D eigenvalue weighted by Gasteiger charge is 2.30. The summed E-state index contributed by atoms with van der Waals surface area (Å²) in [5.41, 5.74) is 5.67. The minimum atomic E-state index is -4.41. The highest BCUT2D eigenvalue weighted by Crippen LogP contribution is 2.31. The van der Waals surface area contributed by atoms with Gasteiger partial charge in [-0.25, -0.2) is 4.99 Å². The van der Waals surface area contributed by atoms with E-state index in [0.717, 1.165) is 12.1 Å². The van der Waals surface area contributed by atoms with Crippen LogP contribution in [0.5, 0.6) is 17.2 Å². The molecule has 0 bridgehead atoms. The zero-order valence-electron chi connectivity index (χ0n) is 14.8. The Balaban J connectivity index is 1.88. The minimum Gasteiger partial charge on any atom is -0.493 e. The predicted molar refractivity (Wildman–Crippen MR) is 96.6 cm³/mol. The first-order chi connectivity index (χ1) is 12.8. The molecule has 0 atom stereocenters. The number of nitrogens with one attached hydrogen (secondary N) is 1. The lowest BCUT2D eigenvalue weighted by molar-refractivity contribution is -0.137. The number of anilines is 1. The third-order valence-electron chi connectivity index (χ3n) is 3.46. The van der Waals surface area contributed by atoms with Crippen LogP contribution in [0.25, 0.3) is 0 Å². The van der Waals surface area contributed by atoms with Gasteiger partial charge in [-0.1, -0.05) is 6.07 Å². The van der Waals surface area contributed by atoms with Crippen molar-refractivity contribution in [2.75, 3.05) is 32.7 Å². The molecule has 2 rings (SSSR count). The monoisotopic (exact) mass is 383 g/mol. The number of methoxy groups -OCH3 is 2. The molecular formula is C18H20F3N3O3. The SMILES string of the molecule is COc1ccc(NC(N)=NCCOc2cccc(C(F)(F)F)c2)cc1OC. The molecule has 0 fully saturated rings. The summed E-state index contributed by atoms with van der Waals surface area (Å²) in [5.74, 6) is 1.36. The van der Waals surface area contributed by atoms with Crippen molar-refractivity contribution in [3.63, 3.8) is 0 Å². The van der Waals surface area contributed by atoms with E-state index in [9.17, 15) is 13.2 Å². The van der Waals surface area contributed by atoms with E-state index in [1.807, 2.05) is 0 Å². The number of ether oxygens (including phenoxy) is 3. The number of alkyl halides is 3. The van der Waals surface area contributed by atoms with Crippen molar-refractivity contribution in [3.05, 3.63) is 48.0 Å². The lowest BCUT2D eigenvalue weighted by Gasteiger charge is -2.11. The molecule has 6 nitrogen and oxygen atoms in total. The molecule has 0 heterocycles. The van der Waals surface area contributed by atoms with Crippen LogP contribution in [0.3, 0.4) is 0 Å². The second-order valence-electron chi connectivity index (χ2n) is 5.34. The number of nitrogens with two attached hydrogens (primary N) is 1. The molecule has 3 N–H and O–H groups in total. The molecule has 0 amide bonds. The Labute approximate surface area is 154 Å². The summed E-state index contributed by atoms with van der Waals surface area (Å²) < 4.78 is 53.6. The van der Waals surface area contributed by atoms with E-state index in [1.54, 1.807) is 18.2 Å². The molecule has 0 radical (unpaired) electrons. The van der Waals surface area contributed by atoms with Gasteiger partial charge < -0.3 is 25.3 Å². The second-order valence-corrected chi connectivity index (χ2v) is 5.34. The molecule has 0 saturated carbocycles. The Bertz CT molecular complexity index is 795. The summed E-state index contributed by atoms with van der Waals surface area (Å²) >= 11 is 0. The van der Waals surface area contributed by atoms with Crippen LogP contribution in [-0.2, 0) is 6.18 Å². The number of hydrogen-bond donors (Lipinski definition) is 2. The topological polar surface area (TPSA) is 78.1 Å². The molecule has 0 aliphatic rings. The van der Waals surface area contributed by atoms with E-state index in [1.165, 1.54) is 26.4 Å². The molecule has 0 aliphatic heterocycles. The first kappa shape index (κ1) is 20.2. The Hall–Kier alpha value is -3.10. The lowest BCUT2D eigenvalue weighted by Crippen LogP contribution is -2.23. The standard InChI is InChI=1S/C18H20F3N3O3/c1-25-15-7-6-13(11-16(15)26-2)24-17(22)23-8-9-27-14-5-3-4-12(10-14)18(19,20)21/h3-7,10-11H,8-9H2,1-2H3,(H3,22,23,24). The molecule has 0 saturated heterocycles. The van der Waals surface area contributed by atoms with Gasteiger partial charge in [-0.15, -0.1) is 0 Å². The fourth-order valence-electron chi connectivity index (χ4n) is 2.19. The fraction of sp³-hybridized carbons (Fsp3) is 0.278. The molecular weight excluding hydrogens is 363 g/mol. The number of benzene rings is 2. The Morgan fingerprint density at radius 2 is 1.81 bits per heavy atom. The van der Waals surface area contributed by atoms with Crippen molar-refractivity contribution >= 4 is 11.6 Å². The van der Waals surface area contributed by atoms with E-state index < -0.39 is 11.7 Å². The summed E-state index contributed by atoms with van der Waals surface area (Å²) in [7, 11) is 3.05. The van der Waals surface area contributed by atoms with Gasteiger partial charge in [0.2, 0.25) is 0 Å². The quantitative estimate of drug-likeness (QED) is 0.435. The molecule has 2 aromatic carbocycles. The molecule has 0 aromatic heterocycles. The van der Waals surface area contributed by atoms with Crippen molar-refractivity contribution in [1.29, 1.82) is 0 Å². The maximum Gasteiger partial charge on any atom is 0.416 e. The average Bonchev–Trinajstić information content (AvgIpc) is 2.64. The van der Waals surface area contributed by atoms with Gasteiger partial charge in [0.1, 0.15) is 12.4 Å². The van der Waals surface area contributed by atoms with Gasteiger partial charge in [-0.05, 0) is 30.3 Å². The van der Waals surface area contributed by atoms with E-state index in [4.69, 9.17) is 19.9 Å². The Morgan fingerprint density at radius 3 is 2.48 bits per heavy atom. The van der Waals surface area contributed by atoms with Crippen LogP contribution in [0.15, 0.2) is 47.5 Å². The normalized spacial score (nSPS) is 11.8. The fourth-order valence-corrected chi connectivity index (χ4v) is 2.19. The van der Waals surface area contributed by atoms with Gasteiger partial charge in [-0.2, -0.15) is 13.2 Å². The van der Waals surface area contributed by atoms with E-state index in [-0.39, 0.29) is 24.9 Å². The average molecular weight is 383 g/mol. The third-order valence-corrected chi connectivity index (χ3v) is 3.46. The largest absolute Gasteiger partial charge is 0.493 e. The highest BCUT2D eigenvalue weighted by atomic mass is 19.4. The van der Waals surface area contributed by atoms with Crippen LogP contribution in [-0.4, -0.2) is 33.3 Å². The molecule has 27 heavy (non-hydrogen) atoms. The summed E-state index contributed by atoms with van der Waals surface area (Å²) in [5, 5.41) is 2.88. The van der Waals surface area contributed by atoms with Crippen molar-refractivity contribution < 1.29 is 27.4 Å². The van der Waals surface area contributed by atoms with Gasteiger partial charge in [-0.3, -0.25) is 0 Å². The summed E-state index contributed by atoms with van der Waals surface area (Å²) in [6, 6.07) is 9.80. The lowest BCUT2D eigenvalue weighted by atomic mass is 10.2. The summed E-state index contributed by atoms with van der Waals surface area (Å²) in [6.07, 6.45) is -4.41. The van der Waals surface area contributed by atoms with Crippen LogP contribution in [0.2, 0.25) is 0 Å². The van der Waals surface area contributed by atoms with E-state index in [2.05, 4.69) is 10.3 Å². The van der Waals surface area contributed by atoms with Crippen molar-refractivity contribution in [1.82, 2.24) is 0 Å². The van der Waals surface area contributed by atoms with Crippen LogP contribution in [0.4, 0.5) is 18.9 Å². The van der Waals surface area contributed by atoms with Gasteiger partial charge in [0.25, 0.3) is 0 Å². The number of guanidine groups is 1. The van der Waals surface area contributed by atoms with Crippen molar-refractivity contribution in [3.8, 4) is 17.2 Å². The van der Waals surface area contributed by atoms with Crippen LogP contribution in [0, 0.1) is 0 Å². The smallest absolute Gasteiger partial charge is 0.416 e. The summed E-state index contributed by atoms with van der Waals surface area (Å²) in [6.45, 7) is 0.248. The summed E-state index contributed by atoms with van der Waals surface area (Å²) in [4.78, 5) is 4.07. The first-order valence-corrected chi connectivity index (χ1v) is 7.92. The molecule has 146 valence electrons. The maximum atomic E-state index is 12.7.